The van der Waals surface area contributed by atoms with Crippen LogP contribution in [0.15, 0.2) is 12.4 Å². The highest BCUT2D eigenvalue weighted by atomic mass is 15.0. The lowest BCUT2D eigenvalue weighted by atomic mass is 10.1. The van der Waals surface area contributed by atoms with Crippen molar-refractivity contribution in [2.45, 2.75) is 33.2 Å². The molecule has 0 aliphatic carbocycles. The van der Waals surface area contributed by atoms with Crippen LogP contribution in [0.25, 0.3) is 0 Å². The molecule has 0 aromatic carbocycles. The molecule has 0 spiro atoms. The van der Waals surface area contributed by atoms with Gasteiger partial charge >= 0.3 is 0 Å². The summed E-state index contributed by atoms with van der Waals surface area (Å²) in [5, 5.41) is 14.4. The maximum atomic E-state index is 8.02. The zero-order valence-electron chi connectivity index (χ0n) is 11.6. The zero-order chi connectivity index (χ0) is 13.5. The van der Waals surface area contributed by atoms with Crippen LogP contribution in [-0.4, -0.2) is 35.3 Å². The van der Waals surface area contributed by atoms with Crippen LogP contribution < -0.4 is 10.6 Å². The molecular formula is C13H23N5. The predicted molar refractivity (Wildman–Crippen MR) is 75.3 cm³/mol. The molecule has 18 heavy (non-hydrogen) atoms. The maximum absolute atomic E-state index is 8.02. The Kier molecular flexibility index (Phi) is 5.71. The third-order valence-corrected chi connectivity index (χ3v) is 2.67. The molecule has 100 valence electrons. The highest BCUT2D eigenvalue weighted by Crippen LogP contribution is 2.08. The molecule has 1 atom stereocenters. The molecule has 0 fully saturated rings. The topological polar surface area (TPSA) is 73.7 Å². The van der Waals surface area contributed by atoms with E-state index in [1.54, 1.807) is 0 Å². The fraction of sp³-hybridized carbons (Fsp3) is 0.615. The van der Waals surface area contributed by atoms with Crippen LogP contribution in [0.5, 0.6) is 0 Å². The minimum absolute atomic E-state index is 0.277. The number of anilines is 1. The number of nitrogens with one attached hydrogen (secondary N) is 3. The lowest BCUT2D eigenvalue weighted by Crippen LogP contribution is -2.25. The Morgan fingerprint density at radius 3 is 2.67 bits per heavy atom. The van der Waals surface area contributed by atoms with E-state index in [0.29, 0.717) is 23.7 Å². The Labute approximate surface area is 109 Å². The summed E-state index contributed by atoms with van der Waals surface area (Å²) in [6.07, 6.45) is 2.17. The molecule has 1 aromatic rings. The molecule has 0 aliphatic heterocycles. The van der Waals surface area contributed by atoms with E-state index in [4.69, 9.17) is 5.41 Å². The maximum Gasteiger partial charge on any atom is 0.130 e. The summed E-state index contributed by atoms with van der Waals surface area (Å²) >= 11 is 0. The van der Waals surface area contributed by atoms with E-state index in [1.807, 2.05) is 20.0 Å². The second-order valence-corrected chi connectivity index (χ2v) is 4.94. The predicted octanol–water partition coefficient (Wildman–Crippen LogP) is 1.91. The zero-order valence-corrected chi connectivity index (χ0v) is 11.6. The van der Waals surface area contributed by atoms with Gasteiger partial charge in [-0.1, -0.05) is 13.8 Å². The van der Waals surface area contributed by atoms with Crippen LogP contribution in [0.4, 0.5) is 5.82 Å². The SMILES string of the molecule is CN[C@H](C)CC(=N)c1cc(NCC(C)C)ncn1. The highest BCUT2D eigenvalue weighted by Gasteiger charge is 2.08. The van der Waals surface area contributed by atoms with Gasteiger partial charge in [-0.2, -0.15) is 0 Å². The fourth-order valence-electron chi connectivity index (χ4n) is 1.44. The van der Waals surface area contributed by atoms with Crippen molar-refractivity contribution in [3.8, 4) is 0 Å². The molecule has 0 radical (unpaired) electrons. The van der Waals surface area contributed by atoms with E-state index in [0.717, 1.165) is 12.4 Å². The molecule has 5 heteroatoms. The minimum Gasteiger partial charge on any atom is -0.370 e. The monoisotopic (exact) mass is 249 g/mol. The second kappa shape index (κ2) is 7.06. The van der Waals surface area contributed by atoms with Crippen molar-refractivity contribution in [2.75, 3.05) is 18.9 Å². The Morgan fingerprint density at radius 1 is 1.33 bits per heavy atom. The van der Waals surface area contributed by atoms with Gasteiger partial charge < -0.3 is 16.0 Å². The molecule has 1 rings (SSSR count). The molecule has 0 saturated heterocycles. The Hall–Kier alpha value is -1.49. The van der Waals surface area contributed by atoms with Crippen molar-refractivity contribution in [3.05, 3.63) is 18.1 Å². The first kappa shape index (κ1) is 14.6. The average Bonchev–Trinajstić information content (AvgIpc) is 2.36. The van der Waals surface area contributed by atoms with E-state index in [9.17, 15) is 0 Å². The number of rotatable bonds is 7. The highest BCUT2D eigenvalue weighted by molar-refractivity contribution is 5.97. The van der Waals surface area contributed by atoms with E-state index in [2.05, 4.69) is 34.4 Å². The fourth-order valence-corrected chi connectivity index (χ4v) is 1.44. The van der Waals surface area contributed by atoms with Gasteiger partial charge in [0.25, 0.3) is 0 Å². The van der Waals surface area contributed by atoms with Crippen molar-refractivity contribution in [3.63, 3.8) is 0 Å². The quantitative estimate of drug-likeness (QED) is 0.645. The summed E-state index contributed by atoms with van der Waals surface area (Å²) in [5.41, 5.74) is 1.23. The van der Waals surface area contributed by atoms with Crippen LogP contribution in [0.3, 0.4) is 0 Å². The molecule has 1 aromatic heterocycles. The van der Waals surface area contributed by atoms with Crippen LogP contribution in [-0.2, 0) is 0 Å². The van der Waals surface area contributed by atoms with Gasteiger partial charge in [0.05, 0.1) is 11.4 Å². The van der Waals surface area contributed by atoms with Crippen molar-refractivity contribution in [2.24, 2.45) is 5.92 Å². The van der Waals surface area contributed by atoms with Crippen LogP contribution >= 0.6 is 0 Å². The molecular weight excluding hydrogens is 226 g/mol. The molecule has 0 amide bonds. The molecule has 0 unspecified atom stereocenters. The van der Waals surface area contributed by atoms with Gasteiger partial charge in [0, 0.05) is 25.1 Å². The Morgan fingerprint density at radius 2 is 2.06 bits per heavy atom. The van der Waals surface area contributed by atoms with Gasteiger partial charge in [0.2, 0.25) is 0 Å². The largest absolute Gasteiger partial charge is 0.370 e. The summed E-state index contributed by atoms with van der Waals surface area (Å²) in [6.45, 7) is 7.21. The van der Waals surface area contributed by atoms with Gasteiger partial charge in [-0.25, -0.2) is 9.97 Å². The van der Waals surface area contributed by atoms with Gasteiger partial charge in [-0.3, -0.25) is 0 Å². The van der Waals surface area contributed by atoms with Gasteiger partial charge in [0.1, 0.15) is 12.1 Å². The van der Waals surface area contributed by atoms with E-state index in [-0.39, 0.29) is 6.04 Å². The Balaban J connectivity index is 2.66. The van der Waals surface area contributed by atoms with Gasteiger partial charge in [0.15, 0.2) is 0 Å². The summed E-state index contributed by atoms with van der Waals surface area (Å²) in [7, 11) is 1.90. The standard InChI is InChI=1S/C13H23N5/c1-9(2)7-16-13-6-12(17-8-18-13)11(14)5-10(3)15-4/h6,8-10,14-15H,5,7H2,1-4H3,(H,16,17,18)/t10-/m1/s1. The lowest BCUT2D eigenvalue weighted by molar-refractivity contribution is 0.632. The van der Waals surface area contributed by atoms with Crippen LogP contribution in [0.2, 0.25) is 0 Å². The van der Waals surface area contributed by atoms with Crippen LogP contribution in [0.1, 0.15) is 32.9 Å². The van der Waals surface area contributed by atoms with E-state index < -0.39 is 0 Å². The molecule has 0 bridgehead atoms. The first-order valence-corrected chi connectivity index (χ1v) is 6.34. The lowest BCUT2D eigenvalue weighted by Gasteiger charge is -2.12. The normalized spacial score (nSPS) is 12.5. The molecule has 0 aliphatic rings. The minimum atomic E-state index is 0.277. The number of nitrogens with zero attached hydrogens (tertiary/aromatic N) is 2. The molecule has 3 N–H and O–H groups in total. The summed E-state index contributed by atoms with van der Waals surface area (Å²) < 4.78 is 0. The van der Waals surface area contributed by atoms with Gasteiger partial charge in [-0.15, -0.1) is 0 Å². The average molecular weight is 249 g/mol. The number of aromatic nitrogens is 2. The number of hydrogen-bond donors (Lipinski definition) is 3. The first-order chi connectivity index (χ1) is 8.52. The van der Waals surface area contributed by atoms with Crippen molar-refractivity contribution >= 4 is 11.5 Å². The summed E-state index contributed by atoms with van der Waals surface area (Å²) in [6, 6.07) is 2.12. The second-order valence-electron chi connectivity index (χ2n) is 4.94. The van der Waals surface area contributed by atoms with Gasteiger partial charge in [-0.05, 0) is 19.9 Å². The summed E-state index contributed by atoms with van der Waals surface area (Å²) in [4.78, 5) is 8.31. The Bertz CT molecular complexity index is 389. The van der Waals surface area contributed by atoms with Crippen molar-refractivity contribution < 1.29 is 0 Å². The van der Waals surface area contributed by atoms with E-state index >= 15 is 0 Å². The van der Waals surface area contributed by atoms with E-state index in [1.165, 1.54) is 6.33 Å². The number of hydrogen-bond acceptors (Lipinski definition) is 5. The van der Waals surface area contributed by atoms with Crippen molar-refractivity contribution in [1.82, 2.24) is 15.3 Å². The van der Waals surface area contributed by atoms with Crippen LogP contribution in [0, 0.1) is 11.3 Å². The molecule has 1 heterocycles. The third kappa shape index (κ3) is 4.79. The molecule has 0 saturated carbocycles. The third-order valence-electron chi connectivity index (χ3n) is 2.67. The smallest absolute Gasteiger partial charge is 0.130 e. The molecule has 5 nitrogen and oxygen atoms in total. The summed E-state index contributed by atoms with van der Waals surface area (Å²) in [5.74, 6) is 1.35. The first-order valence-electron chi connectivity index (χ1n) is 6.34. The van der Waals surface area contributed by atoms with Crippen molar-refractivity contribution in [1.29, 1.82) is 5.41 Å².